The number of alkyl halides is 3. The van der Waals surface area contributed by atoms with Gasteiger partial charge < -0.3 is 17.0 Å². The van der Waals surface area contributed by atoms with Gasteiger partial charge in [-0.2, -0.15) is 0 Å². The fourth-order valence-corrected chi connectivity index (χ4v) is 4.33. The summed E-state index contributed by atoms with van der Waals surface area (Å²) in [7, 11) is -1.86. The van der Waals surface area contributed by atoms with Crippen molar-refractivity contribution in [3.63, 3.8) is 0 Å². The van der Waals surface area contributed by atoms with Gasteiger partial charge in [0.25, 0.3) is 0 Å². The molecular weight excluding hydrogens is 361 g/mol. The van der Waals surface area contributed by atoms with Gasteiger partial charge in [0.05, 0.1) is 0 Å². The summed E-state index contributed by atoms with van der Waals surface area (Å²) < 4.78 is 40.8. The minimum atomic E-state index is -4.25. The second-order valence-corrected chi connectivity index (χ2v) is 6.62. The molecule has 0 fully saturated rings. The standard InChI is InChI=1S/C16H12F3S.BrH/c1-11-7-8-13-10-15(12-5-3-2-4-6-12)20(14(13)9-11)16(17,18)19;/h2-10H,1H3;1H/q+1;/p-1. The van der Waals surface area contributed by atoms with Crippen LogP contribution in [0.5, 0.6) is 0 Å². The average molecular weight is 373 g/mol. The van der Waals surface area contributed by atoms with Crippen molar-refractivity contribution in [3.05, 3.63) is 60.2 Å². The molecule has 3 rings (SSSR count). The summed E-state index contributed by atoms with van der Waals surface area (Å²) in [6.45, 7) is 1.82. The molecule has 0 saturated heterocycles. The molecule has 21 heavy (non-hydrogen) atoms. The molecule has 0 N–H and O–H groups in total. The molecule has 3 aromatic rings. The first-order valence-corrected chi connectivity index (χ1v) is 7.38. The predicted octanol–water partition coefficient (Wildman–Crippen LogP) is 3.04. The van der Waals surface area contributed by atoms with Crippen LogP contribution < -0.4 is 17.0 Å². The second-order valence-electron chi connectivity index (χ2n) is 4.67. The molecule has 2 aromatic carbocycles. The summed E-state index contributed by atoms with van der Waals surface area (Å²) in [6, 6.07) is 15.7. The zero-order valence-electron chi connectivity index (χ0n) is 11.1. The summed E-state index contributed by atoms with van der Waals surface area (Å²) in [4.78, 5) is 0.360. The van der Waals surface area contributed by atoms with E-state index in [1.54, 1.807) is 42.5 Å². The van der Waals surface area contributed by atoms with Crippen molar-refractivity contribution in [3.8, 4) is 10.4 Å². The number of aryl methyl sites for hydroxylation is 1. The van der Waals surface area contributed by atoms with Crippen LogP contribution in [-0.4, -0.2) is 0 Å². The molecule has 0 spiro atoms. The second kappa shape index (κ2) is 5.81. The molecule has 0 radical (unpaired) electrons. The van der Waals surface area contributed by atoms with Gasteiger partial charge in [-0.1, -0.05) is 24.3 Å². The Bertz CT molecular complexity index is 760. The lowest BCUT2D eigenvalue weighted by atomic mass is 10.1. The largest absolute Gasteiger partial charge is 1.00 e. The Kier molecular flexibility index (Phi) is 4.44. The lowest BCUT2D eigenvalue weighted by Gasteiger charge is -2.00. The molecule has 0 saturated carbocycles. The smallest absolute Gasteiger partial charge is 0.601 e. The van der Waals surface area contributed by atoms with E-state index in [4.69, 9.17) is 0 Å². The molecule has 1 atom stereocenters. The van der Waals surface area contributed by atoms with E-state index in [2.05, 4.69) is 0 Å². The summed E-state index contributed by atoms with van der Waals surface area (Å²) in [5.41, 5.74) is -2.75. The minimum Gasteiger partial charge on any atom is -1.00 e. The van der Waals surface area contributed by atoms with E-state index in [9.17, 15) is 13.2 Å². The molecule has 0 bridgehead atoms. The molecule has 0 aliphatic rings. The maximum atomic E-state index is 13.5. The third-order valence-electron chi connectivity index (χ3n) is 3.19. The lowest BCUT2D eigenvalue weighted by molar-refractivity contribution is -0.0864. The van der Waals surface area contributed by atoms with Crippen LogP contribution in [-0.2, 0) is 5.51 Å². The summed E-state index contributed by atoms with van der Waals surface area (Å²) in [5, 5.41) is 0.676. The first-order chi connectivity index (χ1) is 9.47. The van der Waals surface area contributed by atoms with E-state index in [1.165, 1.54) is 0 Å². The van der Waals surface area contributed by atoms with Crippen molar-refractivity contribution in [2.75, 3.05) is 0 Å². The molecule has 5 heteroatoms. The van der Waals surface area contributed by atoms with Gasteiger partial charge in [0.2, 0.25) is 0 Å². The van der Waals surface area contributed by atoms with Gasteiger partial charge in [-0.25, -0.2) is 0 Å². The van der Waals surface area contributed by atoms with Crippen LogP contribution in [0, 0.1) is 6.92 Å². The van der Waals surface area contributed by atoms with Gasteiger partial charge in [-0.05, 0) is 30.7 Å². The van der Waals surface area contributed by atoms with Crippen molar-refractivity contribution < 1.29 is 30.2 Å². The normalized spacial score (nSPS) is 12.3. The Morgan fingerprint density at radius 1 is 0.905 bits per heavy atom. The van der Waals surface area contributed by atoms with Crippen molar-refractivity contribution in [1.29, 1.82) is 0 Å². The van der Waals surface area contributed by atoms with Crippen LogP contribution in [0.15, 0.2) is 54.6 Å². The summed E-state index contributed by atoms with van der Waals surface area (Å²) in [5.74, 6) is 0. The van der Waals surface area contributed by atoms with E-state index < -0.39 is 16.0 Å². The number of halogens is 4. The van der Waals surface area contributed by atoms with Crippen LogP contribution in [0.2, 0.25) is 0 Å². The first kappa shape index (κ1) is 16.0. The number of thiophene rings is 1. The highest BCUT2D eigenvalue weighted by atomic mass is 79.9. The number of rotatable bonds is 1. The van der Waals surface area contributed by atoms with Crippen LogP contribution in [0.1, 0.15) is 5.56 Å². The molecule has 1 heterocycles. The first-order valence-electron chi connectivity index (χ1n) is 6.16. The Labute approximate surface area is 134 Å². The topological polar surface area (TPSA) is 0 Å². The molecule has 0 aliphatic heterocycles. The number of hydrogen-bond donors (Lipinski definition) is 0. The maximum Gasteiger partial charge on any atom is 0.601 e. The fourth-order valence-electron chi connectivity index (χ4n) is 2.31. The van der Waals surface area contributed by atoms with Gasteiger partial charge in [0, 0.05) is 23.1 Å². The number of hydrogen-bond acceptors (Lipinski definition) is 0. The highest BCUT2D eigenvalue weighted by molar-refractivity contribution is 7.41. The Hall–Kier alpha value is -1.33. The fraction of sp³-hybridized carbons (Fsp3) is 0.125. The summed E-state index contributed by atoms with van der Waals surface area (Å²) >= 11 is 0. The van der Waals surface area contributed by atoms with Crippen molar-refractivity contribution in [1.82, 2.24) is 0 Å². The number of benzene rings is 2. The van der Waals surface area contributed by atoms with Crippen molar-refractivity contribution in [2.45, 2.75) is 12.4 Å². The third kappa shape index (κ3) is 2.99. The number of fused-ring (bicyclic) bond motifs is 1. The molecule has 110 valence electrons. The van der Waals surface area contributed by atoms with Crippen molar-refractivity contribution >= 4 is 20.6 Å². The zero-order valence-corrected chi connectivity index (χ0v) is 13.5. The Morgan fingerprint density at radius 2 is 1.57 bits per heavy atom. The highest BCUT2D eigenvalue weighted by Crippen LogP contribution is 2.54. The monoisotopic (exact) mass is 372 g/mol. The molecule has 0 amide bonds. The van der Waals surface area contributed by atoms with Crippen LogP contribution in [0.3, 0.4) is 0 Å². The van der Waals surface area contributed by atoms with Gasteiger partial charge in [-0.15, -0.1) is 13.2 Å². The highest BCUT2D eigenvalue weighted by Gasteiger charge is 2.48. The molecular formula is C16H12BrF3S. The van der Waals surface area contributed by atoms with E-state index in [0.29, 0.717) is 20.5 Å². The minimum absolute atomic E-state index is 0. The van der Waals surface area contributed by atoms with Gasteiger partial charge in [-0.3, -0.25) is 0 Å². The molecule has 0 nitrogen and oxygen atoms in total. The molecule has 1 aromatic heterocycles. The third-order valence-corrected chi connectivity index (χ3v) is 5.23. The summed E-state index contributed by atoms with van der Waals surface area (Å²) in [6.07, 6.45) is 0. The van der Waals surface area contributed by atoms with E-state index in [-0.39, 0.29) is 17.0 Å². The Morgan fingerprint density at radius 3 is 2.19 bits per heavy atom. The quantitative estimate of drug-likeness (QED) is 0.576. The SMILES string of the molecule is Cc1ccc2cc(-c3ccccc3)[s+](C(F)(F)F)c2c1.[Br-]. The van der Waals surface area contributed by atoms with Gasteiger partial charge in [0.1, 0.15) is 10.5 Å². The van der Waals surface area contributed by atoms with Crippen LogP contribution >= 0.6 is 10.5 Å². The van der Waals surface area contributed by atoms with Crippen molar-refractivity contribution in [2.24, 2.45) is 0 Å². The van der Waals surface area contributed by atoms with E-state index >= 15 is 0 Å². The van der Waals surface area contributed by atoms with Crippen LogP contribution in [0.25, 0.3) is 20.5 Å². The van der Waals surface area contributed by atoms with E-state index in [0.717, 1.165) is 5.56 Å². The molecule has 0 aliphatic carbocycles. The maximum absolute atomic E-state index is 13.5. The zero-order chi connectivity index (χ0) is 14.3. The predicted molar refractivity (Wildman–Crippen MR) is 77.9 cm³/mol. The van der Waals surface area contributed by atoms with Gasteiger partial charge in [0.15, 0.2) is 9.58 Å². The lowest BCUT2D eigenvalue weighted by Crippen LogP contribution is -3.00. The van der Waals surface area contributed by atoms with Crippen LogP contribution in [0.4, 0.5) is 13.2 Å². The van der Waals surface area contributed by atoms with Gasteiger partial charge >= 0.3 is 5.51 Å². The van der Waals surface area contributed by atoms with E-state index in [1.807, 2.05) is 19.1 Å². The Balaban J connectivity index is 0.00000161. The molecule has 1 unspecified atom stereocenters. The average Bonchev–Trinajstić information content (AvgIpc) is 2.78.